The van der Waals surface area contributed by atoms with Crippen LogP contribution in [-0.4, -0.2) is 81.0 Å². The fraction of sp³-hybridized carbons (Fsp3) is 0.385. The number of aromatic nitrogens is 3. The van der Waals surface area contributed by atoms with Crippen LogP contribution in [0.15, 0.2) is 47.2 Å². The number of aliphatic carboxylic acids is 1. The number of carboxylic acids is 1. The summed E-state index contributed by atoms with van der Waals surface area (Å²) in [6, 6.07) is 6.93. The molecule has 0 spiro atoms. The predicted octanol–water partition coefficient (Wildman–Crippen LogP) is -0.182. The van der Waals surface area contributed by atoms with Crippen LogP contribution >= 0.6 is 11.3 Å². The summed E-state index contributed by atoms with van der Waals surface area (Å²) in [4.78, 5) is 47.0. The number of hydroxylamine groups is 2. The number of carboxylic acid groups (broad SMARTS) is 1. The molecular weight excluding hydrogens is 634 g/mol. The molecule has 17 nitrogen and oxygen atoms in total. The quantitative estimate of drug-likeness (QED) is 0.0477. The van der Waals surface area contributed by atoms with E-state index in [9.17, 15) is 32.5 Å². The number of nitrogen functional groups attached to an aromatic ring is 1. The van der Waals surface area contributed by atoms with E-state index in [1.54, 1.807) is 24.3 Å². The summed E-state index contributed by atoms with van der Waals surface area (Å²) < 4.78 is 46.7. The minimum atomic E-state index is -5.24. The van der Waals surface area contributed by atoms with Crippen molar-refractivity contribution in [3.8, 4) is 16.9 Å². The first-order chi connectivity index (χ1) is 21.1. The van der Waals surface area contributed by atoms with E-state index in [2.05, 4.69) is 14.4 Å². The average Bonchev–Trinajstić information content (AvgIpc) is 3.56. The van der Waals surface area contributed by atoms with Crippen LogP contribution in [0, 0.1) is 5.92 Å². The molecule has 242 valence electrons. The molecule has 0 aliphatic carbocycles. The molecule has 0 radical (unpaired) electrons. The zero-order valence-electron chi connectivity index (χ0n) is 24.4. The van der Waals surface area contributed by atoms with Crippen LogP contribution in [0.1, 0.15) is 26.0 Å². The molecule has 1 aliphatic heterocycles. The van der Waals surface area contributed by atoms with Crippen molar-refractivity contribution >= 4 is 50.2 Å². The van der Waals surface area contributed by atoms with Gasteiger partial charge in [0.15, 0.2) is 23.7 Å². The van der Waals surface area contributed by atoms with Crippen LogP contribution in [0.3, 0.4) is 0 Å². The monoisotopic (exact) mass is 665 g/mol. The van der Waals surface area contributed by atoms with Crippen LogP contribution in [0.4, 0.5) is 5.13 Å². The van der Waals surface area contributed by atoms with Crippen molar-refractivity contribution in [1.82, 2.24) is 14.7 Å². The Balaban J connectivity index is 1.45. The molecule has 1 fully saturated rings. The molecule has 2 atom stereocenters. The molecule has 0 bridgehead atoms. The Morgan fingerprint density at radius 2 is 1.96 bits per heavy atom. The van der Waals surface area contributed by atoms with Crippen LogP contribution in [0.25, 0.3) is 11.1 Å². The van der Waals surface area contributed by atoms with Crippen LogP contribution in [0.2, 0.25) is 0 Å². The minimum Gasteiger partial charge on any atom is -0.724 e. The summed E-state index contributed by atoms with van der Waals surface area (Å²) in [5.74, 6) is -3.89. The van der Waals surface area contributed by atoms with Gasteiger partial charge in [-0.2, -0.15) is 14.0 Å². The van der Waals surface area contributed by atoms with Crippen LogP contribution in [0.5, 0.6) is 5.75 Å². The first kappa shape index (κ1) is 33.5. The zero-order valence-corrected chi connectivity index (χ0v) is 26.0. The van der Waals surface area contributed by atoms with Gasteiger partial charge in [-0.3, -0.25) is 9.59 Å². The van der Waals surface area contributed by atoms with E-state index in [0.717, 1.165) is 22.5 Å². The summed E-state index contributed by atoms with van der Waals surface area (Å²) >= 11 is 0.980. The van der Waals surface area contributed by atoms with Crippen molar-refractivity contribution < 1.29 is 51.0 Å². The number of nitrogens with zero attached hydrogens (tertiary/aromatic N) is 5. The van der Waals surface area contributed by atoms with Crippen molar-refractivity contribution in [2.45, 2.75) is 38.5 Å². The van der Waals surface area contributed by atoms with Crippen molar-refractivity contribution in [2.75, 3.05) is 18.9 Å². The lowest BCUT2D eigenvalue weighted by atomic mass is 9.74. The summed E-state index contributed by atoms with van der Waals surface area (Å²) in [6.07, 6.45) is 1.72. The molecule has 3 heterocycles. The molecule has 1 amide bonds. The third-order valence-electron chi connectivity index (χ3n) is 6.97. The third-order valence-corrected chi connectivity index (χ3v) is 7.98. The minimum absolute atomic E-state index is 0.0309. The van der Waals surface area contributed by atoms with Gasteiger partial charge in [-0.25, -0.2) is 18.2 Å². The van der Waals surface area contributed by atoms with Crippen molar-refractivity contribution in [3.05, 3.63) is 47.7 Å². The van der Waals surface area contributed by atoms with Gasteiger partial charge in [0.05, 0.1) is 29.8 Å². The summed E-state index contributed by atoms with van der Waals surface area (Å²) in [5, 5.41) is 15.3. The fourth-order valence-corrected chi connectivity index (χ4v) is 5.52. The number of thiazole rings is 1. The van der Waals surface area contributed by atoms with E-state index in [4.69, 9.17) is 21.0 Å². The number of ketones is 1. The van der Waals surface area contributed by atoms with Gasteiger partial charge in [-0.05, 0) is 31.5 Å². The fourth-order valence-electron chi connectivity index (χ4n) is 4.53. The molecule has 1 aliphatic rings. The maximum absolute atomic E-state index is 13.3. The zero-order chi connectivity index (χ0) is 33.1. The van der Waals surface area contributed by atoms with Gasteiger partial charge in [0.25, 0.3) is 12.0 Å². The Labute approximate surface area is 261 Å². The van der Waals surface area contributed by atoms with Crippen molar-refractivity contribution in [1.29, 1.82) is 0 Å². The van der Waals surface area contributed by atoms with E-state index >= 15 is 0 Å². The second-order valence-corrected chi connectivity index (χ2v) is 12.3. The normalized spacial score (nSPS) is 17.1. The number of aryl methyl sites for hydroxylation is 1. The Bertz CT molecular complexity index is 1720. The largest absolute Gasteiger partial charge is 0.724 e. The molecule has 1 aromatic carbocycles. The number of carbonyl (C=O) groups excluding carboxylic acids is 2. The molecule has 1 saturated heterocycles. The van der Waals surface area contributed by atoms with Gasteiger partial charge in [-0.15, -0.1) is 16.0 Å². The van der Waals surface area contributed by atoms with Gasteiger partial charge in [0.1, 0.15) is 18.1 Å². The molecule has 19 heteroatoms. The molecule has 3 aromatic rings. The molecule has 1 unspecified atom stereocenters. The molecule has 45 heavy (non-hydrogen) atoms. The van der Waals surface area contributed by atoms with Crippen molar-refractivity contribution in [3.63, 3.8) is 0 Å². The summed E-state index contributed by atoms with van der Waals surface area (Å²) in [7, 11) is -3.34. The lowest BCUT2D eigenvalue weighted by Gasteiger charge is -2.51. The van der Waals surface area contributed by atoms with E-state index in [-0.39, 0.29) is 10.8 Å². The molecule has 5 N–H and O–H groups in total. The van der Waals surface area contributed by atoms with Crippen molar-refractivity contribution in [2.24, 2.45) is 23.9 Å². The van der Waals surface area contributed by atoms with Gasteiger partial charge >= 0.3 is 5.97 Å². The highest BCUT2D eigenvalue weighted by Crippen LogP contribution is 2.40. The maximum atomic E-state index is 13.3. The number of amides is 1. The lowest BCUT2D eigenvalue weighted by Crippen LogP contribution is -2.68. The number of β-lactam (4-membered cyclic amide) rings is 1. The Kier molecular flexibility index (Phi) is 9.88. The van der Waals surface area contributed by atoms with E-state index in [1.165, 1.54) is 19.2 Å². The Morgan fingerprint density at radius 1 is 1.27 bits per heavy atom. The van der Waals surface area contributed by atoms with Crippen LogP contribution < -0.4 is 20.9 Å². The SMILES string of the molecule is C[n+]1cc(-c2ccc(OCC(O/N=C(\C(=O)C[C@@H]3C(=O)N(OS(=O)(=O)[O-])C3(C)C)c3csc(N)n3)C(=O)O)cc2)cn1CCN. The lowest BCUT2D eigenvalue weighted by molar-refractivity contribution is -0.753. The molecule has 0 saturated carbocycles. The third kappa shape index (κ3) is 7.81. The second kappa shape index (κ2) is 13.3. The number of hydrogen-bond donors (Lipinski definition) is 3. The number of nitrogens with two attached hydrogens (primary N) is 2. The highest BCUT2D eigenvalue weighted by atomic mass is 32.3. The summed E-state index contributed by atoms with van der Waals surface area (Å²) in [5.41, 5.74) is 11.4. The molecular formula is C26H31N7O10S2. The smallest absolute Gasteiger partial charge is 0.351 e. The van der Waals surface area contributed by atoms with Gasteiger partial charge in [0.2, 0.25) is 16.6 Å². The van der Waals surface area contributed by atoms with Gasteiger partial charge in [-0.1, -0.05) is 17.3 Å². The number of benzene rings is 1. The number of carbonyl (C=O) groups is 3. The maximum Gasteiger partial charge on any atom is 0.351 e. The number of Topliss-reactive ketones (excluding diaryl/α,β-unsaturated/α-hetero) is 1. The molecule has 4 rings (SSSR count). The van der Waals surface area contributed by atoms with Gasteiger partial charge in [0, 0.05) is 18.3 Å². The van der Waals surface area contributed by atoms with Crippen LogP contribution in [-0.2, 0) is 47.5 Å². The highest BCUT2D eigenvalue weighted by Gasteiger charge is 2.57. The van der Waals surface area contributed by atoms with Gasteiger partial charge < -0.3 is 30.7 Å². The predicted molar refractivity (Wildman–Crippen MR) is 156 cm³/mol. The topological polar surface area (TPSA) is 246 Å². The first-order valence-electron chi connectivity index (χ1n) is 13.3. The number of rotatable bonds is 15. The van der Waals surface area contributed by atoms with E-state index in [1.807, 2.05) is 28.8 Å². The number of anilines is 1. The van der Waals surface area contributed by atoms with E-state index in [0.29, 0.717) is 23.9 Å². The average molecular weight is 666 g/mol. The number of ether oxygens (including phenoxy) is 1. The van der Waals surface area contributed by atoms with E-state index < -0.39 is 64.4 Å². The standard InChI is InChI=1S/C26H31N7O10S2/c1-26(2)18(23(35)33(26)43-45(38,39)40)10-20(34)22(19-14-44-25(28)29-19)30-42-21(24(36)37)13-41-17-6-4-15(5-7-17)16-11-31(3)32(12-16)9-8-27/h4-7,11-12,14,18,21H,8-10,13,27H2,1-3H3,(H3-,28,29,36,37,38,39,40)/b30-22-/t18-,21?/m1/s1. The summed E-state index contributed by atoms with van der Waals surface area (Å²) in [6.45, 7) is 3.45. The number of hydrogen-bond acceptors (Lipinski definition) is 14. The first-order valence-corrected chi connectivity index (χ1v) is 15.5. The Morgan fingerprint density at radius 3 is 2.51 bits per heavy atom. The number of oxime groups is 1. The Hall–Kier alpha value is -4.43. The molecule has 2 aromatic heterocycles. The second-order valence-electron chi connectivity index (χ2n) is 10.5. The highest BCUT2D eigenvalue weighted by molar-refractivity contribution is 7.80.